The smallest absolute Gasteiger partial charge is 0.00416 e. The largest absolute Gasteiger partial charge is 0.0659 e. The van der Waals surface area contributed by atoms with Gasteiger partial charge in [-0.3, -0.25) is 0 Å². The third kappa shape index (κ3) is 1.74. The van der Waals surface area contributed by atoms with E-state index in [1.807, 2.05) is 0 Å². The molecule has 1 saturated carbocycles. The zero-order chi connectivity index (χ0) is 12.0. The van der Waals surface area contributed by atoms with Crippen LogP contribution >= 0.6 is 0 Å². The van der Waals surface area contributed by atoms with Crippen molar-refractivity contribution in [1.29, 1.82) is 0 Å². The highest BCUT2D eigenvalue weighted by molar-refractivity contribution is 5.62. The second-order valence-corrected chi connectivity index (χ2v) is 6.69. The maximum atomic E-state index is 2.47. The van der Waals surface area contributed by atoms with E-state index in [9.17, 15) is 0 Å². The second kappa shape index (κ2) is 3.73. The van der Waals surface area contributed by atoms with Crippen LogP contribution in [0.5, 0.6) is 0 Å². The Kier molecular flexibility index (Phi) is 2.43. The van der Waals surface area contributed by atoms with Gasteiger partial charge < -0.3 is 0 Å². The molecule has 90 valence electrons. The van der Waals surface area contributed by atoms with E-state index >= 15 is 0 Å². The zero-order valence-electron chi connectivity index (χ0n) is 11.2. The monoisotopic (exact) mass is 226 g/mol. The van der Waals surface area contributed by atoms with Crippen LogP contribution in [0.1, 0.15) is 57.1 Å². The third-order valence-electron chi connectivity index (χ3n) is 4.46. The minimum Gasteiger partial charge on any atom is -0.0659 e. The number of fused-ring (bicyclic) bond motifs is 2. The molecule has 0 aromatic heterocycles. The first kappa shape index (κ1) is 11.1. The topological polar surface area (TPSA) is 0 Å². The molecular formula is C17H22. The first-order chi connectivity index (χ1) is 8.07. The molecule has 1 aromatic rings. The summed E-state index contributed by atoms with van der Waals surface area (Å²) in [5, 5.41) is 0. The average molecular weight is 226 g/mol. The van der Waals surface area contributed by atoms with E-state index in [0.717, 1.165) is 5.92 Å². The van der Waals surface area contributed by atoms with Gasteiger partial charge in [0.05, 0.1) is 0 Å². The van der Waals surface area contributed by atoms with Gasteiger partial charge in [-0.05, 0) is 47.6 Å². The number of hydrogen-bond acceptors (Lipinski definition) is 0. The summed E-state index contributed by atoms with van der Waals surface area (Å²) in [4.78, 5) is 0. The van der Waals surface area contributed by atoms with Gasteiger partial charge in [0.1, 0.15) is 0 Å². The third-order valence-corrected chi connectivity index (χ3v) is 4.46. The molecule has 0 heteroatoms. The second-order valence-electron chi connectivity index (χ2n) is 6.69. The van der Waals surface area contributed by atoms with Crippen molar-refractivity contribution in [1.82, 2.24) is 0 Å². The quantitative estimate of drug-likeness (QED) is 0.583. The fourth-order valence-corrected chi connectivity index (χ4v) is 3.87. The maximum absolute atomic E-state index is 2.47. The summed E-state index contributed by atoms with van der Waals surface area (Å²) < 4.78 is 0. The normalized spacial score (nSPS) is 27.4. The van der Waals surface area contributed by atoms with Crippen molar-refractivity contribution >= 4 is 6.08 Å². The summed E-state index contributed by atoms with van der Waals surface area (Å²) >= 11 is 0. The van der Waals surface area contributed by atoms with Crippen molar-refractivity contribution < 1.29 is 0 Å². The van der Waals surface area contributed by atoms with Crippen molar-refractivity contribution in [2.24, 2.45) is 11.3 Å². The minimum atomic E-state index is 0.366. The lowest BCUT2D eigenvalue weighted by Gasteiger charge is -2.40. The summed E-state index contributed by atoms with van der Waals surface area (Å²) in [6, 6.07) is 9.00. The highest BCUT2D eigenvalue weighted by Gasteiger charge is 2.40. The molecule has 0 amide bonds. The Labute approximate surface area is 105 Å². The molecule has 2 atom stereocenters. The fourth-order valence-electron chi connectivity index (χ4n) is 3.87. The van der Waals surface area contributed by atoms with Gasteiger partial charge in [-0.2, -0.15) is 0 Å². The van der Waals surface area contributed by atoms with Gasteiger partial charge in [0.2, 0.25) is 0 Å². The standard InChI is InChI=1S/C17H22/c1-17(2,3)16-14-9-5-4-7-12(14)11-13-8-6-10-15(13)16/h4-5,7,9,11,15-16H,6,8,10H2,1-3H3. The summed E-state index contributed by atoms with van der Waals surface area (Å²) in [6.45, 7) is 7.20. The Morgan fingerprint density at radius 2 is 1.88 bits per heavy atom. The minimum absolute atomic E-state index is 0.366. The molecule has 2 aliphatic rings. The molecule has 2 unspecified atom stereocenters. The molecule has 0 radical (unpaired) electrons. The van der Waals surface area contributed by atoms with Crippen LogP contribution in [-0.4, -0.2) is 0 Å². The highest BCUT2D eigenvalue weighted by Crippen LogP contribution is 2.53. The highest BCUT2D eigenvalue weighted by atomic mass is 14.4. The lowest BCUT2D eigenvalue weighted by Crippen LogP contribution is -2.28. The number of benzene rings is 1. The molecule has 2 aliphatic carbocycles. The van der Waals surface area contributed by atoms with Crippen molar-refractivity contribution in [2.75, 3.05) is 0 Å². The Bertz CT molecular complexity index is 459. The Morgan fingerprint density at radius 1 is 1.12 bits per heavy atom. The number of rotatable bonds is 0. The lowest BCUT2D eigenvalue weighted by atomic mass is 9.64. The summed E-state index contributed by atoms with van der Waals surface area (Å²) in [5.74, 6) is 1.52. The van der Waals surface area contributed by atoms with Crippen molar-refractivity contribution in [2.45, 2.75) is 46.0 Å². The van der Waals surface area contributed by atoms with E-state index in [4.69, 9.17) is 0 Å². The lowest BCUT2D eigenvalue weighted by molar-refractivity contribution is 0.257. The van der Waals surface area contributed by atoms with Crippen LogP contribution in [0.4, 0.5) is 0 Å². The Balaban J connectivity index is 2.16. The molecule has 1 fully saturated rings. The zero-order valence-corrected chi connectivity index (χ0v) is 11.2. The van der Waals surface area contributed by atoms with Gasteiger partial charge in [-0.15, -0.1) is 0 Å². The fraction of sp³-hybridized carbons (Fsp3) is 0.529. The summed E-state index contributed by atoms with van der Waals surface area (Å²) in [5.41, 5.74) is 5.13. The van der Waals surface area contributed by atoms with Crippen LogP contribution in [0.15, 0.2) is 29.8 Å². The van der Waals surface area contributed by atoms with E-state index in [2.05, 4.69) is 51.1 Å². The predicted molar refractivity (Wildman–Crippen MR) is 74.0 cm³/mol. The molecule has 0 aliphatic heterocycles. The predicted octanol–water partition coefficient (Wildman–Crippen LogP) is 5.01. The maximum Gasteiger partial charge on any atom is -0.00416 e. The SMILES string of the molecule is CC(C)(C)C1c2ccccc2C=C2CCCC21. The molecule has 0 spiro atoms. The van der Waals surface area contributed by atoms with Crippen LogP contribution in [-0.2, 0) is 0 Å². The molecule has 0 saturated heterocycles. The van der Waals surface area contributed by atoms with Crippen molar-refractivity contribution in [3.05, 3.63) is 41.0 Å². The van der Waals surface area contributed by atoms with E-state index < -0.39 is 0 Å². The molecule has 0 nitrogen and oxygen atoms in total. The van der Waals surface area contributed by atoms with Crippen LogP contribution < -0.4 is 0 Å². The van der Waals surface area contributed by atoms with Gasteiger partial charge in [-0.1, -0.05) is 56.7 Å². The van der Waals surface area contributed by atoms with Crippen LogP contribution in [0.2, 0.25) is 0 Å². The van der Waals surface area contributed by atoms with E-state index in [1.54, 1.807) is 11.1 Å². The molecule has 17 heavy (non-hydrogen) atoms. The van der Waals surface area contributed by atoms with Crippen molar-refractivity contribution in [3.8, 4) is 0 Å². The van der Waals surface area contributed by atoms with Crippen LogP contribution in [0.3, 0.4) is 0 Å². The molecule has 3 rings (SSSR count). The molecule has 0 N–H and O–H groups in total. The number of allylic oxidation sites excluding steroid dienone is 1. The van der Waals surface area contributed by atoms with E-state index in [0.29, 0.717) is 11.3 Å². The van der Waals surface area contributed by atoms with Crippen LogP contribution in [0, 0.1) is 11.3 Å². The van der Waals surface area contributed by atoms with E-state index in [1.165, 1.54) is 24.8 Å². The molecular weight excluding hydrogens is 204 g/mol. The summed E-state index contributed by atoms with van der Waals surface area (Å²) in [6.07, 6.45) is 6.57. The average Bonchev–Trinajstić information content (AvgIpc) is 2.71. The summed E-state index contributed by atoms with van der Waals surface area (Å²) in [7, 11) is 0. The Morgan fingerprint density at radius 3 is 2.65 bits per heavy atom. The molecule has 0 heterocycles. The van der Waals surface area contributed by atoms with Gasteiger partial charge in [0, 0.05) is 0 Å². The number of hydrogen-bond donors (Lipinski definition) is 0. The van der Waals surface area contributed by atoms with E-state index in [-0.39, 0.29) is 0 Å². The van der Waals surface area contributed by atoms with Gasteiger partial charge in [-0.25, -0.2) is 0 Å². The first-order valence-corrected chi connectivity index (χ1v) is 6.87. The van der Waals surface area contributed by atoms with Gasteiger partial charge >= 0.3 is 0 Å². The van der Waals surface area contributed by atoms with Gasteiger partial charge in [0.15, 0.2) is 0 Å². The first-order valence-electron chi connectivity index (χ1n) is 6.87. The van der Waals surface area contributed by atoms with Crippen LogP contribution in [0.25, 0.3) is 6.08 Å². The molecule has 1 aromatic carbocycles. The van der Waals surface area contributed by atoms with Gasteiger partial charge in [0.25, 0.3) is 0 Å². The Hall–Kier alpha value is -1.04. The molecule has 0 bridgehead atoms. The van der Waals surface area contributed by atoms with Crippen molar-refractivity contribution in [3.63, 3.8) is 0 Å².